The molecule has 0 spiro atoms. The molecule has 1 saturated heterocycles. The summed E-state index contributed by atoms with van der Waals surface area (Å²) in [4.78, 5) is 0. The van der Waals surface area contributed by atoms with Crippen molar-refractivity contribution in [1.82, 2.24) is 30.0 Å². The van der Waals surface area contributed by atoms with Crippen LogP contribution in [0.1, 0.15) is 37.0 Å². The van der Waals surface area contributed by atoms with Crippen molar-refractivity contribution in [3.63, 3.8) is 0 Å². The van der Waals surface area contributed by atoms with Crippen LogP contribution in [0.5, 0.6) is 0 Å². The fraction of sp³-hybridized carbons (Fsp3) is 0.565. The molecule has 38 heavy (non-hydrogen) atoms. The topological polar surface area (TPSA) is 120 Å². The number of aliphatic hydroxyl groups excluding tert-OH is 2. The Balaban J connectivity index is 1.42. The number of aromatic nitrogens is 6. The molecule has 6 atom stereocenters. The normalized spacial score (nSPS) is 29.2. The van der Waals surface area contributed by atoms with E-state index in [0.717, 1.165) is 4.68 Å². The van der Waals surface area contributed by atoms with Crippen molar-refractivity contribution in [2.45, 2.75) is 68.1 Å². The average molecular weight is 561 g/mol. The van der Waals surface area contributed by atoms with Gasteiger partial charge in [0.25, 0.3) is 5.92 Å². The van der Waals surface area contributed by atoms with Gasteiger partial charge >= 0.3 is 0 Å². The molecule has 1 aromatic carbocycles. The second-order valence-corrected chi connectivity index (χ2v) is 9.85. The lowest BCUT2D eigenvalue weighted by molar-refractivity contribution is -0.212. The van der Waals surface area contributed by atoms with Gasteiger partial charge in [0.15, 0.2) is 11.6 Å². The Morgan fingerprint density at radius 2 is 1.89 bits per heavy atom. The first-order valence-electron chi connectivity index (χ1n) is 12.0. The molecule has 2 aliphatic rings. The number of ether oxygens (including phenoxy) is 2. The maximum absolute atomic E-state index is 14.5. The number of methoxy groups -OCH3 is 1. The molecular formula is C23H25ClF4N6O4. The Kier molecular flexibility index (Phi) is 7.44. The van der Waals surface area contributed by atoms with Crippen LogP contribution < -0.4 is 0 Å². The minimum atomic E-state index is -2.88. The van der Waals surface area contributed by atoms with Crippen molar-refractivity contribution in [1.29, 1.82) is 0 Å². The standard InChI is InChI=1S/C23H25ClF4N6O4/c1-37-22-15(7-11-8-33(31-29-11)17-3-2-6-23(17,27)28)38-16(10-35)21(36)20(22)34-9-14(30-32-34)12-4-5-13(24)19(26)18(12)25/h4-5,8-9,15-17,20-22,35-36H,2-3,6-7,10H2,1H3/t15-,16-,17+,20+,21+,22+/m1/s1. The molecule has 3 aromatic rings. The molecule has 206 valence electrons. The summed E-state index contributed by atoms with van der Waals surface area (Å²) in [6.07, 6.45) is -0.828. The van der Waals surface area contributed by atoms with Crippen LogP contribution in [-0.2, 0) is 15.9 Å². The average Bonchev–Trinajstić information content (AvgIpc) is 3.63. The Bertz CT molecular complexity index is 1290. The summed E-state index contributed by atoms with van der Waals surface area (Å²) in [6, 6.07) is 0.384. The zero-order valence-corrected chi connectivity index (χ0v) is 20.8. The molecule has 0 radical (unpaired) electrons. The van der Waals surface area contributed by atoms with E-state index < -0.39 is 60.7 Å². The molecule has 2 fully saturated rings. The van der Waals surface area contributed by atoms with Gasteiger partial charge in [0.2, 0.25) is 0 Å². The highest BCUT2D eigenvalue weighted by Gasteiger charge is 2.48. The summed E-state index contributed by atoms with van der Waals surface area (Å²) >= 11 is 5.63. The lowest BCUT2D eigenvalue weighted by Crippen LogP contribution is -2.57. The molecule has 10 nitrogen and oxygen atoms in total. The van der Waals surface area contributed by atoms with Crippen molar-refractivity contribution in [3.8, 4) is 11.3 Å². The van der Waals surface area contributed by atoms with E-state index in [-0.39, 0.29) is 35.5 Å². The minimum absolute atomic E-state index is 0.0239. The first-order chi connectivity index (χ1) is 18.1. The van der Waals surface area contributed by atoms with Crippen LogP contribution >= 0.6 is 11.6 Å². The van der Waals surface area contributed by atoms with Crippen LogP contribution in [0.25, 0.3) is 11.3 Å². The number of benzene rings is 1. The van der Waals surface area contributed by atoms with E-state index in [2.05, 4.69) is 20.6 Å². The molecule has 2 aromatic heterocycles. The lowest BCUT2D eigenvalue weighted by Gasteiger charge is -2.43. The number of nitrogens with zero attached hydrogens (tertiary/aromatic N) is 6. The molecule has 0 amide bonds. The summed E-state index contributed by atoms with van der Waals surface area (Å²) in [5.41, 5.74) is 0.137. The number of rotatable bonds is 7. The van der Waals surface area contributed by atoms with Crippen LogP contribution in [0.3, 0.4) is 0 Å². The number of aliphatic hydroxyl groups is 2. The summed E-state index contributed by atoms with van der Waals surface area (Å²) in [5, 5.41) is 36.3. The zero-order valence-electron chi connectivity index (χ0n) is 20.1. The van der Waals surface area contributed by atoms with Gasteiger partial charge < -0.3 is 19.7 Å². The lowest BCUT2D eigenvalue weighted by atomic mass is 9.90. The zero-order chi connectivity index (χ0) is 27.2. The number of halogens is 5. The van der Waals surface area contributed by atoms with Crippen LogP contribution in [0, 0.1) is 11.6 Å². The predicted molar refractivity (Wildman–Crippen MR) is 124 cm³/mol. The molecule has 1 saturated carbocycles. The summed E-state index contributed by atoms with van der Waals surface area (Å²) in [5.74, 6) is -5.32. The van der Waals surface area contributed by atoms with Crippen LogP contribution in [0.4, 0.5) is 17.6 Å². The van der Waals surface area contributed by atoms with Gasteiger partial charge in [-0.3, -0.25) is 0 Å². The van der Waals surface area contributed by atoms with Crippen molar-refractivity contribution in [2.24, 2.45) is 0 Å². The molecule has 1 aliphatic carbocycles. The van der Waals surface area contributed by atoms with Crippen LogP contribution in [0.2, 0.25) is 5.02 Å². The predicted octanol–water partition coefficient (Wildman–Crippen LogP) is 2.75. The first-order valence-corrected chi connectivity index (χ1v) is 12.3. The second-order valence-electron chi connectivity index (χ2n) is 9.45. The highest BCUT2D eigenvalue weighted by molar-refractivity contribution is 6.30. The molecule has 5 rings (SSSR count). The van der Waals surface area contributed by atoms with Crippen LogP contribution in [0.15, 0.2) is 24.5 Å². The van der Waals surface area contributed by atoms with Crippen molar-refractivity contribution in [2.75, 3.05) is 13.7 Å². The number of hydrogen-bond acceptors (Lipinski definition) is 8. The maximum atomic E-state index is 14.5. The Hall–Kier alpha value is -2.65. The van der Waals surface area contributed by atoms with Crippen LogP contribution in [-0.4, -0.2) is 84.3 Å². The first kappa shape index (κ1) is 26.9. The molecule has 1 aliphatic heterocycles. The quantitative estimate of drug-likeness (QED) is 0.334. The third kappa shape index (κ3) is 4.79. The van der Waals surface area contributed by atoms with E-state index in [9.17, 15) is 27.8 Å². The van der Waals surface area contributed by atoms with Gasteiger partial charge in [-0.05, 0) is 25.0 Å². The second kappa shape index (κ2) is 10.5. The summed E-state index contributed by atoms with van der Waals surface area (Å²) in [6.45, 7) is -0.551. The van der Waals surface area contributed by atoms with Crippen molar-refractivity contribution >= 4 is 11.6 Å². The number of hydrogen-bond donors (Lipinski definition) is 2. The molecule has 0 unspecified atom stereocenters. The van der Waals surface area contributed by atoms with Gasteiger partial charge in [0.1, 0.15) is 36.1 Å². The van der Waals surface area contributed by atoms with E-state index in [1.807, 2.05) is 0 Å². The minimum Gasteiger partial charge on any atom is -0.394 e. The Labute approximate surface area is 219 Å². The maximum Gasteiger partial charge on any atom is 0.270 e. The van der Waals surface area contributed by atoms with Gasteiger partial charge in [0.05, 0.1) is 29.6 Å². The fourth-order valence-electron chi connectivity index (χ4n) is 5.20. The van der Waals surface area contributed by atoms with Gasteiger partial charge in [-0.2, -0.15) is 0 Å². The van der Waals surface area contributed by atoms with E-state index in [0.29, 0.717) is 12.1 Å². The smallest absolute Gasteiger partial charge is 0.270 e. The van der Waals surface area contributed by atoms with Crippen molar-refractivity contribution in [3.05, 3.63) is 46.9 Å². The van der Waals surface area contributed by atoms with E-state index in [1.165, 1.54) is 36.3 Å². The largest absolute Gasteiger partial charge is 0.394 e. The third-order valence-electron chi connectivity index (χ3n) is 7.13. The van der Waals surface area contributed by atoms with Gasteiger partial charge in [0, 0.05) is 31.7 Å². The molecular weight excluding hydrogens is 536 g/mol. The van der Waals surface area contributed by atoms with Gasteiger partial charge in [-0.25, -0.2) is 26.9 Å². The molecule has 3 heterocycles. The van der Waals surface area contributed by atoms with Crippen molar-refractivity contribution < 1.29 is 37.2 Å². The van der Waals surface area contributed by atoms with E-state index >= 15 is 0 Å². The van der Waals surface area contributed by atoms with Gasteiger partial charge in [-0.1, -0.05) is 22.0 Å². The monoisotopic (exact) mass is 560 g/mol. The molecule has 15 heteroatoms. The summed E-state index contributed by atoms with van der Waals surface area (Å²) < 4.78 is 70.8. The van der Waals surface area contributed by atoms with Gasteiger partial charge in [-0.15, -0.1) is 10.2 Å². The van der Waals surface area contributed by atoms with E-state index in [1.54, 1.807) is 0 Å². The Morgan fingerprint density at radius 3 is 2.58 bits per heavy atom. The number of alkyl halides is 2. The fourth-order valence-corrected chi connectivity index (χ4v) is 5.35. The molecule has 2 N–H and O–H groups in total. The highest BCUT2D eigenvalue weighted by atomic mass is 35.5. The molecule has 0 bridgehead atoms. The summed E-state index contributed by atoms with van der Waals surface area (Å²) in [7, 11) is 1.38. The SMILES string of the molecule is CO[C@@H]1[C@@H](n2cc(-c3ccc(Cl)c(F)c3F)nn2)[C@@H](O)[C@@H](CO)O[C@@H]1Cc1cn([C@H]2CCCC2(F)F)nn1. The Morgan fingerprint density at radius 1 is 1.13 bits per heavy atom. The van der Waals surface area contributed by atoms with E-state index in [4.69, 9.17) is 21.1 Å². The third-order valence-corrected chi connectivity index (χ3v) is 7.42. The highest BCUT2D eigenvalue weighted by Crippen LogP contribution is 2.43.